The zero-order valence-electron chi connectivity index (χ0n) is 7.76. The highest BCUT2D eigenvalue weighted by molar-refractivity contribution is 5.89. The van der Waals surface area contributed by atoms with Crippen LogP contribution < -0.4 is 0 Å². The van der Waals surface area contributed by atoms with Crippen molar-refractivity contribution in [1.29, 1.82) is 0 Å². The van der Waals surface area contributed by atoms with Gasteiger partial charge in [0.2, 0.25) is 0 Å². The fourth-order valence-corrected chi connectivity index (χ4v) is 0.941. The Hall–Kier alpha value is -0.590. The zero-order valence-corrected chi connectivity index (χ0v) is 7.76. The molecule has 1 atom stereocenters. The summed E-state index contributed by atoms with van der Waals surface area (Å²) in [6.45, 7) is 6.19. The van der Waals surface area contributed by atoms with Gasteiger partial charge in [-0.25, -0.2) is 0 Å². The van der Waals surface area contributed by atoms with Crippen molar-refractivity contribution in [3.05, 3.63) is 12.2 Å². The summed E-state index contributed by atoms with van der Waals surface area (Å²) >= 11 is 0. The molecule has 0 radical (unpaired) electrons. The van der Waals surface area contributed by atoms with E-state index in [2.05, 4.69) is 13.8 Å². The van der Waals surface area contributed by atoms with Crippen LogP contribution in [-0.4, -0.2) is 5.78 Å². The van der Waals surface area contributed by atoms with Crippen LogP contribution in [0, 0.1) is 5.92 Å². The number of allylic oxidation sites excluding steroid dienone is 2. The SMILES string of the molecule is CCCC(C)/C=C/C(=O)CC. The maximum Gasteiger partial charge on any atom is 0.155 e. The molecule has 0 aromatic heterocycles. The monoisotopic (exact) mass is 154 g/mol. The lowest BCUT2D eigenvalue weighted by Gasteiger charge is -2.00. The predicted octanol–water partition coefficient (Wildman–Crippen LogP) is 2.96. The Kier molecular flexibility index (Phi) is 5.81. The molecule has 0 fully saturated rings. The van der Waals surface area contributed by atoms with Crippen LogP contribution in [0.1, 0.15) is 40.0 Å². The van der Waals surface area contributed by atoms with Crippen LogP contribution in [0.5, 0.6) is 0 Å². The highest BCUT2D eigenvalue weighted by Gasteiger charge is 1.95. The molecule has 0 aliphatic rings. The molecule has 0 spiro atoms. The van der Waals surface area contributed by atoms with Crippen LogP contribution in [0.25, 0.3) is 0 Å². The molecule has 1 heteroatoms. The lowest BCUT2D eigenvalue weighted by atomic mass is 10.1. The lowest BCUT2D eigenvalue weighted by molar-refractivity contribution is -0.114. The van der Waals surface area contributed by atoms with Crippen LogP contribution in [0.15, 0.2) is 12.2 Å². The highest BCUT2D eigenvalue weighted by atomic mass is 16.1. The molecule has 0 rings (SSSR count). The van der Waals surface area contributed by atoms with Gasteiger partial charge in [-0.05, 0) is 18.4 Å². The van der Waals surface area contributed by atoms with E-state index in [9.17, 15) is 4.79 Å². The highest BCUT2D eigenvalue weighted by Crippen LogP contribution is 2.06. The lowest BCUT2D eigenvalue weighted by Crippen LogP contribution is -1.92. The summed E-state index contributed by atoms with van der Waals surface area (Å²) in [5, 5.41) is 0. The van der Waals surface area contributed by atoms with Crippen molar-refractivity contribution in [2.75, 3.05) is 0 Å². The van der Waals surface area contributed by atoms with Gasteiger partial charge < -0.3 is 0 Å². The van der Waals surface area contributed by atoms with E-state index in [1.54, 1.807) is 6.08 Å². The normalized spacial score (nSPS) is 13.7. The zero-order chi connectivity index (χ0) is 8.69. The van der Waals surface area contributed by atoms with Crippen LogP contribution in [0.3, 0.4) is 0 Å². The van der Waals surface area contributed by atoms with Gasteiger partial charge in [0, 0.05) is 6.42 Å². The van der Waals surface area contributed by atoms with Gasteiger partial charge in [-0.2, -0.15) is 0 Å². The van der Waals surface area contributed by atoms with Crippen LogP contribution in [-0.2, 0) is 4.79 Å². The van der Waals surface area contributed by atoms with E-state index in [1.807, 2.05) is 13.0 Å². The van der Waals surface area contributed by atoms with Crippen LogP contribution >= 0.6 is 0 Å². The number of hydrogen-bond donors (Lipinski definition) is 0. The maximum atomic E-state index is 10.8. The van der Waals surface area contributed by atoms with E-state index < -0.39 is 0 Å². The van der Waals surface area contributed by atoms with E-state index >= 15 is 0 Å². The molecule has 0 N–H and O–H groups in total. The third-order valence-electron chi connectivity index (χ3n) is 1.70. The standard InChI is InChI=1S/C10H18O/c1-4-6-9(3)7-8-10(11)5-2/h7-9H,4-6H2,1-3H3/b8-7+. The number of carbonyl (C=O) groups is 1. The van der Waals surface area contributed by atoms with Crippen molar-refractivity contribution in [3.8, 4) is 0 Å². The molecule has 64 valence electrons. The van der Waals surface area contributed by atoms with E-state index in [0.717, 1.165) is 0 Å². The second-order valence-corrected chi connectivity index (χ2v) is 2.94. The minimum atomic E-state index is 0.230. The minimum absolute atomic E-state index is 0.230. The smallest absolute Gasteiger partial charge is 0.155 e. The largest absolute Gasteiger partial charge is 0.295 e. The molecule has 0 amide bonds. The topological polar surface area (TPSA) is 17.1 Å². The van der Waals surface area contributed by atoms with Gasteiger partial charge in [0.15, 0.2) is 5.78 Å². The number of ketones is 1. The van der Waals surface area contributed by atoms with Crippen molar-refractivity contribution < 1.29 is 4.79 Å². The average molecular weight is 154 g/mol. The first kappa shape index (κ1) is 10.4. The summed E-state index contributed by atoms with van der Waals surface area (Å²) in [4.78, 5) is 10.8. The molecular weight excluding hydrogens is 136 g/mol. The fraction of sp³-hybridized carbons (Fsp3) is 0.700. The Morgan fingerprint density at radius 1 is 1.45 bits per heavy atom. The average Bonchev–Trinajstić information content (AvgIpc) is 2.01. The second-order valence-electron chi connectivity index (χ2n) is 2.94. The van der Waals surface area contributed by atoms with Crippen molar-refractivity contribution in [2.24, 2.45) is 5.92 Å². The third kappa shape index (κ3) is 5.84. The van der Waals surface area contributed by atoms with Crippen LogP contribution in [0.4, 0.5) is 0 Å². The van der Waals surface area contributed by atoms with E-state index in [4.69, 9.17) is 0 Å². The molecule has 0 aliphatic heterocycles. The Morgan fingerprint density at radius 3 is 2.55 bits per heavy atom. The van der Waals surface area contributed by atoms with Crippen molar-refractivity contribution in [2.45, 2.75) is 40.0 Å². The molecule has 0 heterocycles. The van der Waals surface area contributed by atoms with Gasteiger partial charge in [0.25, 0.3) is 0 Å². The minimum Gasteiger partial charge on any atom is -0.295 e. The van der Waals surface area contributed by atoms with Gasteiger partial charge in [-0.15, -0.1) is 0 Å². The van der Waals surface area contributed by atoms with Gasteiger partial charge in [0.1, 0.15) is 0 Å². The second kappa shape index (κ2) is 6.14. The molecule has 1 nitrogen and oxygen atoms in total. The molecule has 0 aliphatic carbocycles. The van der Waals surface area contributed by atoms with Gasteiger partial charge in [0.05, 0.1) is 0 Å². The van der Waals surface area contributed by atoms with Gasteiger partial charge in [-0.1, -0.05) is 33.3 Å². The molecule has 1 unspecified atom stereocenters. The number of carbonyl (C=O) groups excluding carboxylic acids is 1. The van der Waals surface area contributed by atoms with E-state index in [0.29, 0.717) is 12.3 Å². The van der Waals surface area contributed by atoms with Crippen molar-refractivity contribution >= 4 is 5.78 Å². The summed E-state index contributed by atoms with van der Waals surface area (Å²) < 4.78 is 0. The van der Waals surface area contributed by atoms with E-state index in [-0.39, 0.29) is 5.78 Å². The Morgan fingerprint density at radius 2 is 2.09 bits per heavy atom. The van der Waals surface area contributed by atoms with Gasteiger partial charge >= 0.3 is 0 Å². The van der Waals surface area contributed by atoms with E-state index in [1.165, 1.54) is 12.8 Å². The molecule has 0 aromatic rings. The quantitative estimate of drug-likeness (QED) is 0.556. The third-order valence-corrected chi connectivity index (χ3v) is 1.70. The predicted molar refractivity (Wildman–Crippen MR) is 48.5 cm³/mol. The summed E-state index contributed by atoms with van der Waals surface area (Å²) in [5.74, 6) is 0.781. The molecule has 0 saturated carbocycles. The maximum absolute atomic E-state index is 10.8. The summed E-state index contributed by atoms with van der Waals surface area (Å²) in [6, 6.07) is 0. The van der Waals surface area contributed by atoms with Crippen LogP contribution in [0.2, 0.25) is 0 Å². The van der Waals surface area contributed by atoms with Crippen molar-refractivity contribution in [3.63, 3.8) is 0 Å². The molecular formula is C10H18O. The summed E-state index contributed by atoms with van der Waals surface area (Å²) in [6.07, 6.45) is 6.70. The number of hydrogen-bond acceptors (Lipinski definition) is 1. The summed E-state index contributed by atoms with van der Waals surface area (Å²) in [5.41, 5.74) is 0. The molecule has 0 bridgehead atoms. The fourth-order valence-electron chi connectivity index (χ4n) is 0.941. The van der Waals surface area contributed by atoms with Gasteiger partial charge in [-0.3, -0.25) is 4.79 Å². The first-order valence-electron chi connectivity index (χ1n) is 4.41. The summed E-state index contributed by atoms with van der Waals surface area (Å²) in [7, 11) is 0. The Balaban J connectivity index is 3.63. The molecule has 0 aromatic carbocycles. The molecule has 11 heavy (non-hydrogen) atoms. The first-order valence-corrected chi connectivity index (χ1v) is 4.41. The molecule has 0 saturated heterocycles. The first-order chi connectivity index (χ1) is 5.20. The Bertz CT molecular complexity index is 136. The Labute approximate surface area is 69.5 Å². The number of rotatable bonds is 5. The van der Waals surface area contributed by atoms with Crippen molar-refractivity contribution in [1.82, 2.24) is 0 Å².